The molecule has 0 saturated carbocycles. The van der Waals surface area contributed by atoms with Crippen molar-refractivity contribution in [2.45, 2.75) is 52.2 Å². The number of aromatic hydroxyl groups is 1. The minimum Gasteiger partial charge on any atom is -0.503 e. The second-order valence-corrected chi connectivity index (χ2v) is 6.72. The normalized spacial score (nSPS) is 19.8. The molecule has 5 nitrogen and oxygen atoms in total. The predicted octanol–water partition coefficient (Wildman–Crippen LogP) is 1.80. The van der Waals surface area contributed by atoms with Gasteiger partial charge in [-0.3, -0.25) is 9.69 Å². The molecule has 0 spiro atoms. The third-order valence-electron chi connectivity index (χ3n) is 4.66. The molecule has 1 aliphatic rings. The smallest absolute Gasteiger partial charge is 0.223 e. The molecule has 5 heteroatoms. The van der Waals surface area contributed by atoms with Crippen LogP contribution in [0, 0.1) is 6.92 Å². The first kappa shape index (κ1) is 17.0. The number of hydrogen-bond acceptors (Lipinski definition) is 4. The molecule has 0 bridgehead atoms. The Morgan fingerprint density at radius 2 is 2.09 bits per heavy atom. The standard InChI is InChI=1S/C17H29N3O2/c1-13-7-5-6-8-19(13)12-15-17(22)16(21)11-14(2)20(15)10-9-18(3)4/h11,13,22H,5-10,12H2,1-4H3. The summed E-state index contributed by atoms with van der Waals surface area (Å²) in [7, 11) is 4.06. The Balaban J connectivity index is 2.32. The van der Waals surface area contributed by atoms with Crippen LogP contribution in [0.15, 0.2) is 10.9 Å². The molecule has 22 heavy (non-hydrogen) atoms. The fourth-order valence-corrected chi connectivity index (χ4v) is 3.18. The van der Waals surface area contributed by atoms with Gasteiger partial charge in [-0.05, 0) is 47.3 Å². The van der Waals surface area contributed by atoms with Gasteiger partial charge in [0.25, 0.3) is 0 Å². The molecule has 2 rings (SSSR count). The fourth-order valence-electron chi connectivity index (χ4n) is 3.18. The van der Waals surface area contributed by atoms with Crippen molar-refractivity contribution in [2.75, 3.05) is 27.2 Å². The molecule has 1 atom stereocenters. The van der Waals surface area contributed by atoms with Crippen molar-refractivity contribution >= 4 is 0 Å². The van der Waals surface area contributed by atoms with Crippen molar-refractivity contribution in [3.05, 3.63) is 27.7 Å². The number of hydrogen-bond donors (Lipinski definition) is 1. The topological polar surface area (TPSA) is 48.7 Å². The van der Waals surface area contributed by atoms with Crippen LogP contribution in [0.25, 0.3) is 0 Å². The number of likely N-dealkylation sites (tertiary alicyclic amines) is 1. The highest BCUT2D eigenvalue weighted by atomic mass is 16.3. The van der Waals surface area contributed by atoms with Crippen LogP contribution in [0.5, 0.6) is 5.75 Å². The molecule has 124 valence electrons. The summed E-state index contributed by atoms with van der Waals surface area (Å²) in [6.07, 6.45) is 3.65. The number of piperidine rings is 1. The van der Waals surface area contributed by atoms with Gasteiger partial charge >= 0.3 is 0 Å². The van der Waals surface area contributed by atoms with Gasteiger partial charge in [-0.2, -0.15) is 0 Å². The number of aromatic nitrogens is 1. The first-order valence-electron chi connectivity index (χ1n) is 8.21. The van der Waals surface area contributed by atoms with E-state index in [0.29, 0.717) is 12.6 Å². The van der Waals surface area contributed by atoms with Crippen molar-refractivity contribution in [2.24, 2.45) is 0 Å². The average molecular weight is 307 g/mol. The number of pyridine rings is 1. The molecule has 1 saturated heterocycles. The number of rotatable bonds is 5. The molecule has 1 aromatic rings. The minimum atomic E-state index is -0.265. The average Bonchev–Trinajstić information content (AvgIpc) is 2.45. The Kier molecular flexibility index (Phi) is 5.64. The zero-order valence-corrected chi connectivity index (χ0v) is 14.3. The van der Waals surface area contributed by atoms with Crippen LogP contribution in [-0.2, 0) is 13.1 Å². The van der Waals surface area contributed by atoms with Crippen LogP contribution < -0.4 is 5.43 Å². The van der Waals surface area contributed by atoms with Crippen LogP contribution in [0.1, 0.15) is 37.6 Å². The maximum Gasteiger partial charge on any atom is 0.223 e. The van der Waals surface area contributed by atoms with E-state index >= 15 is 0 Å². The van der Waals surface area contributed by atoms with Crippen molar-refractivity contribution in [3.63, 3.8) is 0 Å². The van der Waals surface area contributed by atoms with Crippen LogP contribution in [-0.4, -0.2) is 52.7 Å². The van der Waals surface area contributed by atoms with Gasteiger partial charge in [-0.15, -0.1) is 0 Å². The zero-order chi connectivity index (χ0) is 16.3. The van der Waals surface area contributed by atoms with E-state index in [4.69, 9.17) is 0 Å². The largest absolute Gasteiger partial charge is 0.503 e. The Bertz CT molecular complexity index is 566. The molecule has 1 aliphatic heterocycles. The molecule has 1 N–H and O–H groups in total. The summed E-state index contributed by atoms with van der Waals surface area (Å²) in [4.78, 5) is 16.5. The molecular weight excluding hydrogens is 278 g/mol. The van der Waals surface area contributed by atoms with Crippen molar-refractivity contribution < 1.29 is 5.11 Å². The summed E-state index contributed by atoms with van der Waals surface area (Å²) < 4.78 is 2.10. The van der Waals surface area contributed by atoms with E-state index in [2.05, 4.69) is 21.3 Å². The second kappa shape index (κ2) is 7.29. The third kappa shape index (κ3) is 3.90. The number of nitrogens with zero attached hydrogens (tertiary/aromatic N) is 3. The van der Waals surface area contributed by atoms with E-state index in [9.17, 15) is 9.90 Å². The molecule has 0 radical (unpaired) electrons. The van der Waals surface area contributed by atoms with Gasteiger partial charge in [0, 0.05) is 37.4 Å². The summed E-state index contributed by atoms with van der Waals surface area (Å²) in [5.74, 6) is -0.0814. The molecule has 2 heterocycles. The second-order valence-electron chi connectivity index (χ2n) is 6.72. The van der Waals surface area contributed by atoms with E-state index in [1.807, 2.05) is 21.0 Å². The third-order valence-corrected chi connectivity index (χ3v) is 4.66. The summed E-state index contributed by atoms with van der Waals surface area (Å²) in [5.41, 5.74) is 1.42. The Morgan fingerprint density at radius 3 is 2.73 bits per heavy atom. The van der Waals surface area contributed by atoms with Crippen LogP contribution in [0.2, 0.25) is 0 Å². The monoisotopic (exact) mass is 307 g/mol. The highest BCUT2D eigenvalue weighted by Crippen LogP contribution is 2.23. The van der Waals surface area contributed by atoms with Gasteiger partial charge in [-0.25, -0.2) is 0 Å². The number of aryl methyl sites for hydroxylation is 1. The fraction of sp³-hybridized carbons (Fsp3) is 0.706. The van der Waals surface area contributed by atoms with Gasteiger partial charge in [0.2, 0.25) is 5.43 Å². The molecule has 1 unspecified atom stereocenters. The maximum atomic E-state index is 12.0. The first-order valence-corrected chi connectivity index (χ1v) is 8.21. The zero-order valence-electron chi connectivity index (χ0n) is 14.3. The summed E-state index contributed by atoms with van der Waals surface area (Å²) in [5, 5.41) is 10.3. The van der Waals surface area contributed by atoms with Crippen LogP contribution in [0.4, 0.5) is 0 Å². The highest BCUT2D eigenvalue weighted by molar-refractivity contribution is 5.30. The van der Waals surface area contributed by atoms with E-state index in [1.54, 1.807) is 0 Å². The van der Waals surface area contributed by atoms with Crippen LogP contribution in [0.3, 0.4) is 0 Å². The summed E-state index contributed by atoms with van der Waals surface area (Å²) in [6.45, 7) is 7.53. The number of likely N-dealkylation sites (N-methyl/N-ethyl adjacent to an activating group) is 1. The lowest BCUT2D eigenvalue weighted by Crippen LogP contribution is -2.38. The predicted molar refractivity (Wildman–Crippen MR) is 89.4 cm³/mol. The molecule has 0 amide bonds. The molecule has 1 aromatic heterocycles. The molecule has 1 fully saturated rings. The maximum absolute atomic E-state index is 12.0. The Labute approximate surface area is 133 Å². The van der Waals surface area contributed by atoms with Gasteiger partial charge in [-0.1, -0.05) is 6.42 Å². The highest BCUT2D eigenvalue weighted by Gasteiger charge is 2.22. The van der Waals surface area contributed by atoms with E-state index in [1.165, 1.54) is 25.3 Å². The first-order chi connectivity index (χ1) is 10.4. The molecule has 0 aliphatic carbocycles. The quantitative estimate of drug-likeness (QED) is 0.901. The van der Waals surface area contributed by atoms with E-state index < -0.39 is 0 Å². The lowest BCUT2D eigenvalue weighted by molar-refractivity contribution is 0.146. The molecule has 0 aromatic carbocycles. The minimum absolute atomic E-state index is 0.0814. The lowest BCUT2D eigenvalue weighted by atomic mass is 10.0. The lowest BCUT2D eigenvalue weighted by Gasteiger charge is -2.34. The van der Waals surface area contributed by atoms with E-state index in [-0.39, 0.29) is 11.2 Å². The summed E-state index contributed by atoms with van der Waals surface area (Å²) in [6, 6.07) is 2.04. The van der Waals surface area contributed by atoms with Gasteiger partial charge in [0.05, 0.1) is 5.69 Å². The Hall–Kier alpha value is -1.33. The van der Waals surface area contributed by atoms with E-state index in [0.717, 1.165) is 31.0 Å². The van der Waals surface area contributed by atoms with Crippen molar-refractivity contribution in [3.8, 4) is 5.75 Å². The van der Waals surface area contributed by atoms with Gasteiger partial charge in [0.15, 0.2) is 5.75 Å². The Morgan fingerprint density at radius 1 is 1.36 bits per heavy atom. The van der Waals surface area contributed by atoms with Crippen molar-refractivity contribution in [1.29, 1.82) is 0 Å². The SMILES string of the molecule is Cc1cc(=O)c(O)c(CN2CCCCC2C)n1CCN(C)C. The molecular formula is C17H29N3O2. The van der Waals surface area contributed by atoms with Crippen LogP contribution >= 0.6 is 0 Å². The van der Waals surface area contributed by atoms with Crippen molar-refractivity contribution in [1.82, 2.24) is 14.4 Å². The van der Waals surface area contributed by atoms with Gasteiger partial charge in [0.1, 0.15) is 0 Å². The summed E-state index contributed by atoms with van der Waals surface area (Å²) >= 11 is 0. The van der Waals surface area contributed by atoms with Gasteiger partial charge < -0.3 is 14.6 Å².